The standard InChI is InChI=1S/C21H28N2O3S/c1-3-19-7-4-5-9-21(19)27(24,25)23(16-18-10-13-26-14-11-18)17(2)20-8-6-12-22-15-20/h4-9,12,15,17-18H,3,10-11,13-14,16H2,1-2H3. The monoisotopic (exact) mass is 388 g/mol. The van der Waals surface area contributed by atoms with Crippen LogP contribution >= 0.6 is 0 Å². The predicted octanol–water partition coefficient (Wildman–Crippen LogP) is 3.82. The summed E-state index contributed by atoms with van der Waals surface area (Å²) in [5.74, 6) is 0.307. The fraction of sp³-hybridized carbons (Fsp3) is 0.476. The van der Waals surface area contributed by atoms with Crippen LogP contribution in [0, 0.1) is 5.92 Å². The third-order valence-electron chi connectivity index (χ3n) is 5.32. The van der Waals surface area contributed by atoms with Gasteiger partial charge in [-0.2, -0.15) is 4.31 Å². The van der Waals surface area contributed by atoms with Gasteiger partial charge in [0.2, 0.25) is 10.0 Å². The van der Waals surface area contributed by atoms with Crippen molar-refractivity contribution in [3.8, 4) is 0 Å². The molecular weight excluding hydrogens is 360 g/mol. The molecule has 0 aliphatic carbocycles. The van der Waals surface area contributed by atoms with E-state index in [2.05, 4.69) is 4.98 Å². The summed E-state index contributed by atoms with van der Waals surface area (Å²) >= 11 is 0. The molecule has 0 amide bonds. The fourth-order valence-electron chi connectivity index (χ4n) is 3.61. The van der Waals surface area contributed by atoms with Gasteiger partial charge in [0.1, 0.15) is 0 Å². The van der Waals surface area contributed by atoms with Gasteiger partial charge in [-0.3, -0.25) is 4.98 Å². The van der Waals surface area contributed by atoms with E-state index in [1.54, 1.807) is 28.8 Å². The molecule has 2 aromatic rings. The smallest absolute Gasteiger partial charge is 0.243 e. The van der Waals surface area contributed by atoms with Crippen molar-refractivity contribution in [2.24, 2.45) is 5.92 Å². The zero-order valence-electron chi connectivity index (χ0n) is 16.0. The average molecular weight is 389 g/mol. The highest BCUT2D eigenvalue weighted by atomic mass is 32.2. The number of ether oxygens (including phenoxy) is 1. The van der Waals surface area contributed by atoms with Gasteiger partial charge in [0.05, 0.1) is 4.90 Å². The molecule has 6 heteroatoms. The van der Waals surface area contributed by atoms with Crippen LogP contribution in [0.15, 0.2) is 53.7 Å². The van der Waals surface area contributed by atoms with Gasteiger partial charge < -0.3 is 4.74 Å². The van der Waals surface area contributed by atoms with E-state index in [1.807, 2.05) is 38.1 Å². The molecule has 0 bridgehead atoms. The minimum atomic E-state index is -3.63. The minimum Gasteiger partial charge on any atom is -0.381 e. The largest absolute Gasteiger partial charge is 0.381 e. The van der Waals surface area contributed by atoms with Gasteiger partial charge >= 0.3 is 0 Å². The SMILES string of the molecule is CCc1ccccc1S(=O)(=O)N(CC1CCOCC1)C(C)c1cccnc1. The first kappa shape index (κ1) is 20.0. The third-order valence-corrected chi connectivity index (χ3v) is 7.35. The Balaban J connectivity index is 1.99. The van der Waals surface area contributed by atoms with Crippen LogP contribution in [0.4, 0.5) is 0 Å². The molecular formula is C21H28N2O3S. The first-order valence-corrected chi connectivity index (χ1v) is 11.1. The highest BCUT2D eigenvalue weighted by molar-refractivity contribution is 7.89. The number of benzene rings is 1. The zero-order valence-corrected chi connectivity index (χ0v) is 16.9. The van der Waals surface area contributed by atoms with Crippen molar-refractivity contribution in [3.05, 3.63) is 59.9 Å². The first-order valence-electron chi connectivity index (χ1n) is 9.61. The molecule has 1 unspecified atom stereocenters. The second-order valence-electron chi connectivity index (χ2n) is 7.05. The molecule has 27 heavy (non-hydrogen) atoms. The molecule has 3 rings (SSSR count). The van der Waals surface area contributed by atoms with Gasteiger partial charge in [-0.25, -0.2) is 8.42 Å². The lowest BCUT2D eigenvalue weighted by Gasteiger charge is -2.33. The Morgan fingerprint density at radius 1 is 1.19 bits per heavy atom. The maximum atomic E-state index is 13.7. The zero-order chi connectivity index (χ0) is 19.3. The lowest BCUT2D eigenvalue weighted by molar-refractivity contribution is 0.0581. The quantitative estimate of drug-likeness (QED) is 0.723. The van der Waals surface area contributed by atoms with Crippen LogP contribution in [-0.2, 0) is 21.2 Å². The summed E-state index contributed by atoms with van der Waals surface area (Å²) in [5.41, 5.74) is 1.76. The summed E-state index contributed by atoms with van der Waals surface area (Å²) in [6.07, 6.45) is 5.92. The molecule has 1 aromatic heterocycles. The molecule has 1 aliphatic rings. The van der Waals surface area contributed by atoms with E-state index < -0.39 is 10.0 Å². The third kappa shape index (κ3) is 4.57. The first-order chi connectivity index (χ1) is 13.0. The van der Waals surface area contributed by atoms with E-state index in [9.17, 15) is 8.42 Å². The normalized spacial score (nSPS) is 17.1. The maximum Gasteiger partial charge on any atom is 0.243 e. The van der Waals surface area contributed by atoms with E-state index >= 15 is 0 Å². The Kier molecular flexibility index (Phi) is 6.63. The van der Waals surface area contributed by atoms with Crippen molar-refractivity contribution in [1.29, 1.82) is 0 Å². The fourth-order valence-corrected chi connectivity index (χ4v) is 5.60. The molecule has 1 saturated heterocycles. The Morgan fingerprint density at radius 3 is 2.59 bits per heavy atom. The average Bonchev–Trinajstić information content (AvgIpc) is 2.72. The lowest BCUT2D eigenvalue weighted by atomic mass is 9.99. The number of pyridine rings is 1. The minimum absolute atomic E-state index is 0.281. The molecule has 1 aliphatic heterocycles. The highest BCUT2D eigenvalue weighted by Gasteiger charge is 2.33. The number of nitrogens with zero attached hydrogens (tertiary/aromatic N) is 2. The van der Waals surface area contributed by atoms with E-state index in [4.69, 9.17) is 4.74 Å². The Labute approximate surface area is 162 Å². The Bertz CT molecular complexity index is 834. The van der Waals surface area contributed by atoms with Crippen LogP contribution in [0.3, 0.4) is 0 Å². The van der Waals surface area contributed by atoms with Crippen molar-refractivity contribution in [2.75, 3.05) is 19.8 Å². The van der Waals surface area contributed by atoms with E-state index in [0.29, 0.717) is 37.0 Å². The van der Waals surface area contributed by atoms with Crippen LogP contribution in [0.25, 0.3) is 0 Å². The summed E-state index contributed by atoms with van der Waals surface area (Å²) in [5, 5.41) is 0. The second kappa shape index (κ2) is 8.95. The summed E-state index contributed by atoms with van der Waals surface area (Å²) in [6.45, 7) is 5.83. The van der Waals surface area contributed by atoms with E-state index in [0.717, 1.165) is 24.0 Å². The molecule has 0 saturated carbocycles. The summed E-state index contributed by atoms with van der Waals surface area (Å²) in [7, 11) is -3.63. The van der Waals surface area contributed by atoms with Crippen molar-refractivity contribution in [2.45, 2.75) is 44.0 Å². The Morgan fingerprint density at radius 2 is 1.93 bits per heavy atom. The summed E-state index contributed by atoms with van der Waals surface area (Å²) in [4.78, 5) is 4.59. The van der Waals surface area contributed by atoms with Crippen molar-refractivity contribution in [1.82, 2.24) is 9.29 Å². The van der Waals surface area contributed by atoms with Crippen LogP contribution < -0.4 is 0 Å². The molecule has 0 N–H and O–H groups in total. The van der Waals surface area contributed by atoms with E-state index in [1.165, 1.54) is 0 Å². The summed E-state index contributed by atoms with van der Waals surface area (Å²) in [6, 6.07) is 10.8. The number of aromatic nitrogens is 1. The van der Waals surface area contributed by atoms with Crippen molar-refractivity contribution < 1.29 is 13.2 Å². The molecule has 146 valence electrons. The van der Waals surface area contributed by atoms with Crippen LogP contribution in [0.5, 0.6) is 0 Å². The molecule has 5 nitrogen and oxygen atoms in total. The highest BCUT2D eigenvalue weighted by Crippen LogP contribution is 2.31. The number of hydrogen-bond acceptors (Lipinski definition) is 4. The molecule has 2 heterocycles. The predicted molar refractivity (Wildman–Crippen MR) is 106 cm³/mol. The lowest BCUT2D eigenvalue weighted by Crippen LogP contribution is -2.39. The van der Waals surface area contributed by atoms with Crippen molar-refractivity contribution >= 4 is 10.0 Å². The van der Waals surface area contributed by atoms with Crippen LogP contribution in [0.2, 0.25) is 0 Å². The van der Waals surface area contributed by atoms with Crippen molar-refractivity contribution in [3.63, 3.8) is 0 Å². The van der Waals surface area contributed by atoms with Gasteiger partial charge in [0, 0.05) is 38.2 Å². The van der Waals surface area contributed by atoms with Crippen LogP contribution in [-0.4, -0.2) is 37.5 Å². The number of aryl methyl sites for hydroxylation is 1. The molecule has 1 aromatic carbocycles. The maximum absolute atomic E-state index is 13.7. The Hall–Kier alpha value is -1.76. The number of hydrogen-bond donors (Lipinski definition) is 0. The van der Waals surface area contributed by atoms with Gasteiger partial charge in [0.25, 0.3) is 0 Å². The molecule has 1 fully saturated rings. The summed E-state index contributed by atoms with van der Waals surface area (Å²) < 4.78 is 34.5. The van der Waals surface area contributed by atoms with Gasteiger partial charge in [0.15, 0.2) is 0 Å². The number of sulfonamides is 1. The van der Waals surface area contributed by atoms with Crippen LogP contribution in [0.1, 0.15) is 43.9 Å². The number of rotatable bonds is 7. The topological polar surface area (TPSA) is 59.5 Å². The molecule has 1 atom stereocenters. The molecule has 0 radical (unpaired) electrons. The van der Waals surface area contributed by atoms with Gasteiger partial charge in [-0.15, -0.1) is 0 Å². The van der Waals surface area contributed by atoms with Gasteiger partial charge in [-0.1, -0.05) is 31.2 Å². The van der Waals surface area contributed by atoms with Gasteiger partial charge in [-0.05, 0) is 55.4 Å². The molecule has 0 spiro atoms. The van der Waals surface area contributed by atoms with E-state index in [-0.39, 0.29) is 6.04 Å². The second-order valence-corrected chi connectivity index (χ2v) is 8.91.